The molecule has 0 spiro atoms. The Morgan fingerprint density at radius 2 is 1.75 bits per heavy atom. The molecule has 0 saturated carbocycles. The Kier molecular flexibility index (Phi) is 5.64. The van der Waals surface area contributed by atoms with E-state index in [0.717, 1.165) is 21.7 Å². The molecule has 2 rings (SSSR count). The Balaban J connectivity index is 1.87. The monoisotopic (exact) mass is 286 g/mol. The average molecular weight is 287 g/mol. The molecule has 2 aromatic carbocycles. The fraction of sp³-hybridized carbons (Fsp3) is 0.176. The third kappa shape index (κ3) is 4.40. The van der Waals surface area contributed by atoms with Crippen LogP contribution in [0.2, 0.25) is 5.02 Å². The summed E-state index contributed by atoms with van der Waals surface area (Å²) in [4.78, 5) is 0. The molecule has 2 aromatic rings. The standard InChI is InChI=1S/C17H15ClO2/c18-17-6-2-1-5-16(17)13-20-12-15-9-7-14(8-10-15)4-3-11-19/h1-2,5-10,19H,11-13H2. The minimum absolute atomic E-state index is 0.122. The zero-order valence-electron chi connectivity index (χ0n) is 11.0. The Morgan fingerprint density at radius 3 is 2.45 bits per heavy atom. The summed E-state index contributed by atoms with van der Waals surface area (Å²) in [5.74, 6) is 5.47. The molecule has 102 valence electrons. The predicted molar refractivity (Wildman–Crippen MR) is 80.4 cm³/mol. The van der Waals surface area contributed by atoms with E-state index in [1.54, 1.807) is 0 Å². The van der Waals surface area contributed by atoms with E-state index in [1.165, 1.54) is 0 Å². The SMILES string of the molecule is OCC#Cc1ccc(COCc2ccccc2Cl)cc1. The van der Waals surface area contributed by atoms with Gasteiger partial charge in [-0.1, -0.05) is 53.8 Å². The molecule has 0 radical (unpaired) electrons. The molecule has 1 N–H and O–H groups in total. The van der Waals surface area contributed by atoms with Gasteiger partial charge in [0.15, 0.2) is 0 Å². The van der Waals surface area contributed by atoms with Gasteiger partial charge in [0.05, 0.1) is 13.2 Å². The predicted octanol–water partition coefficient (Wildman–Crippen LogP) is 3.40. The second kappa shape index (κ2) is 7.72. The molecule has 0 atom stereocenters. The zero-order valence-corrected chi connectivity index (χ0v) is 11.7. The van der Waals surface area contributed by atoms with Crippen molar-refractivity contribution in [1.29, 1.82) is 0 Å². The summed E-state index contributed by atoms with van der Waals surface area (Å²) in [6.45, 7) is 0.896. The number of aliphatic hydroxyl groups excluding tert-OH is 1. The first kappa shape index (κ1) is 14.6. The van der Waals surface area contributed by atoms with Crippen molar-refractivity contribution >= 4 is 11.6 Å². The topological polar surface area (TPSA) is 29.5 Å². The van der Waals surface area contributed by atoms with Gasteiger partial charge in [-0.2, -0.15) is 0 Å². The van der Waals surface area contributed by atoms with Crippen LogP contribution in [-0.4, -0.2) is 11.7 Å². The summed E-state index contributed by atoms with van der Waals surface area (Å²) in [6.07, 6.45) is 0. The normalized spacial score (nSPS) is 9.90. The Labute approximate surface area is 124 Å². The van der Waals surface area contributed by atoms with E-state index < -0.39 is 0 Å². The van der Waals surface area contributed by atoms with Crippen LogP contribution in [-0.2, 0) is 18.0 Å². The van der Waals surface area contributed by atoms with Crippen molar-refractivity contribution in [3.05, 3.63) is 70.2 Å². The van der Waals surface area contributed by atoms with Crippen LogP contribution in [0.25, 0.3) is 0 Å². The number of rotatable bonds is 4. The molecule has 0 aliphatic carbocycles. The van der Waals surface area contributed by atoms with Gasteiger partial charge in [-0.25, -0.2) is 0 Å². The van der Waals surface area contributed by atoms with Gasteiger partial charge in [0, 0.05) is 10.6 Å². The van der Waals surface area contributed by atoms with Crippen molar-refractivity contribution in [3.63, 3.8) is 0 Å². The highest BCUT2D eigenvalue weighted by Crippen LogP contribution is 2.16. The highest BCUT2D eigenvalue weighted by Gasteiger charge is 1.99. The largest absolute Gasteiger partial charge is 0.384 e. The Hall–Kier alpha value is -1.79. The van der Waals surface area contributed by atoms with Crippen molar-refractivity contribution in [3.8, 4) is 11.8 Å². The number of benzene rings is 2. The van der Waals surface area contributed by atoms with Crippen LogP contribution in [0, 0.1) is 11.8 Å². The number of aliphatic hydroxyl groups is 1. The van der Waals surface area contributed by atoms with E-state index in [4.69, 9.17) is 21.4 Å². The molecular formula is C17H15ClO2. The Bertz CT molecular complexity index is 609. The highest BCUT2D eigenvalue weighted by molar-refractivity contribution is 6.31. The van der Waals surface area contributed by atoms with Gasteiger partial charge in [0.25, 0.3) is 0 Å². The minimum atomic E-state index is -0.122. The van der Waals surface area contributed by atoms with Crippen molar-refractivity contribution < 1.29 is 9.84 Å². The first-order valence-electron chi connectivity index (χ1n) is 6.29. The van der Waals surface area contributed by atoms with Crippen LogP contribution in [0.1, 0.15) is 16.7 Å². The van der Waals surface area contributed by atoms with E-state index in [2.05, 4.69) is 11.8 Å². The number of ether oxygens (including phenoxy) is 1. The highest BCUT2D eigenvalue weighted by atomic mass is 35.5. The summed E-state index contributed by atoms with van der Waals surface area (Å²) in [5, 5.41) is 9.35. The van der Waals surface area contributed by atoms with Gasteiger partial charge in [-0.3, -0.25) is 0 Å². The first-order chi connectivity index (χ1) is 9.79. The third-order valence-corrected chi connectivity index (χ3v) is 3.12. The summed E-state index contributed by atoms with van der Waals surface area (Å²) < 4.78 is 5.65. The van der Waals surface area contributed by atoms with Crippen LogP contribution in [0.3, 0.4) is 0 Å². The molecule has 3 heteroatoms. The van der Waals surface area contributed by atoms with E-state index in [0.29, 0.717) is 13.2 Å². The fourth-order valence-corrected chi connectivity index (χ4v) is 1.91. The van der Waals surface area contributed by atoms with Gasteiger partial charge >= 0.3 is 0 Å². The molecule has 20 heavy (non-hydrogen) atoms. The van der Waals surface area contributed by atoms with E-state index in [9.17, 15) is 0 Å². The van der Waals surface area contributed by atoms with E-state index >= 15 is 0 Å². The molecule has 0 unspecified atom stereocenters. The molecular weight excluding hydrogens is 272 g/mol. The number of hydrogen-bond donors (Lipinski definition) is 1. The van der Waals surface area contributed by atoms with Crippen molar-refractivity contribution in [1.82, 2.24) is 0 Å². The smallest absolute Gasteiger partial charge is 0.104 e. The minimum Gasteiger partial charge on any atom is -0.384 e. The Morgan fingerprint density at radius 1 is 1.00 bits per heavy atom. The molecule has 0 fully saturated rings. The van der Waals surface area contributed by atoms with Gasteiger partial charge in [-0.15, -0.1) is 0 Å². The van der Waals surface area contributed by atoms with Crippen molar-refractivity contribution in [2.45, 2.75) is 13.2 Å². The zero-order chi connectivity index (χ0) is 14.2. The number of hydrogen-bond acceptors (Lipinski definition) is 2. The van der Waals surface area contributed by atoms with Crippen LogP contribution in [0.15, 0.2) is 48.5 Å². The molecule has 0 aromatic heterocycles. The summed E-state index contributed by atoms with van der Waals surface area (Å²) in [5.41, 5.74) is 2.94. The summed E-state index contributed by atoms with van der Waals surface area (Å²) in [7, 11) is 0. The lowest BCUT2D eigenvalue weighted by molar-refractivity contribution is 0.107. The van der Waals surface area contributed by atoms with Gasteiger partial charge < -0.3 is 9.84 Å². The van der Waals surface area contributed by atoms with Crippen molar-refractivity contribution in [2.75, 3.05) is 6.61 Å². The maximum absolute atomic E-state index is 8.62. The summed E-state index contributed by atoms with van der Waals surface area (Å²) in [6, 6.07) is 15.4. The maximum atomic E-state index is 8.62. The van der Waals surface area contributed by atoms with Crippen molar-refractivity contribution in [2.24, 2.45) is 0 Å². The van der Waals surface area contributed by atoms with Crippen LogP contribution in [0.4, 0.5) is 0 Å². The second-order valence-electron chi connectivity index (χ2n) is 4.24. The lowest BCUT2D eigenvalue weighted by Gasteiger charge is -2.06. The molecule has 0 heterocycles. The molecule has 2 nitrogen and oxygen atoms in total. The molecule has 0 aliphatic rings. The lowest BCUT2D eigenvalue weighted by Crippen LogP contribution is -1.95. The fourth-order valence-electron chi connectivity index (χ4n) is 1.72. The maximum Gasteiger partial charge on any atom is 0.104 e. The quantitative estimate of drug-likeness (QED) is 0.873. The van der Waals surface area contributed by atoms with E-state index in [1.807, 2.05) is 48.5 Å². The molecule has 0 aliphatic heterocycles. The van der Waals surface area contributed by atoms with Crippen LogP contribution < -0.4 is 0 Å². The molecule has 0 saturated heterocycles. The van der Waals surface area contributed by atoms with Crippen LogP contribution in [0.5, 0.6) is 0 Å². The second-order valence-corrected chi connectivity index (χ2v) is 4.65. The van der Waals surface area contributed by atoms with E-state index in [-0.39, 0.29) is 6.61 Å². The van der Waals surface area contributed by atoms with Gasteiger partial charge in [0.1, 0.15) is 6.61 Å². The first-order valence-corrected chi connectivity index (χ1v) is 6.67. The average Bonchev–Trinajstić information content (AvgIpc) is 2.48. The lowest BCUT2D eigenvalue weighted by atomic mass is 10.1. The van der Waals surface area contributed by atoms with Crippen LogP contribution >= 0.6 is 11.6 Å². The van der Waals surface area contributed by atoms with Gasteiger partial charge in [-0.05, 0) is 29.3 Å². The third-order valence-electron chi connectivity index (χ3n) is 2.75. The molecule has 0 bridgehead atoms. The number of halogens is 1. The molecule has 0 amide bonds. The summed E-state index contributed by atoms with van der Waals surface area (Å²) >= 11 is 6.06. The van der Waals surface area contributed by atoms with Gasteiger partial charge in [0.2, 0.25) is 0 Å².